The lowest BCUT2D eigenvalue weighted by Crippen LogP contribution is -2.62. The van der Waals surface area contributed by atoms with E-state index in [2.05, 4.69) is 0 Å². The van der Waals surface area contributed by atoms with Crippen LogP contribution in [-0.2, 0) is 10.3 Å². The highest BCUT2D eigenvalue weighted by molar-refractivity contribution is 6.66. The predicted molar refractivity (Wildman–Crippen MR) is 91.8 cm³/mol. The maximum atomic E-state index is 12.3. The molecule has 9 heteroatoms. The van der Waals surface area contributed by atoms with E-state index in [1.54, 1.807) is 0 Å². The number of carbonyl (C=O) groups excluding carboxylic acids is 1. The van der Waals surface area contributed by atoms with Gasteiger partial charge in [-0.15, -0.1) is 10.9 Å². The van der Waals surface area contributed by atoms with Crippen molar-refractivity contribution in [2.45, 2.75) is 17.2 Å². The SMILES string of the molecule is [B]c1c([B])c([B])c(C2(N)C(=O)C=CCC2([B])[B])c(Cl)c1[B]. The molecule has 0 amide bonds. The molecule has 1 aliphatic carbocycles. The molecule has 0 bridgehead atoms. The summed E-state index contributed by atoms with van der Waals surface area (Å²) in [5.74, 6) is -0.545. The second kappa shape index (κ2) is 5.17. The Morgan fingerprint density at radius 1 is 1.05 bits per heavy atom. The average Bonchev–Trinajstić information content (AvgIpc) is 2.41. The highest BCUT2D eigenvalue weighted by Crippen LogP contribution is 2.46. The highest BCUT2D eigenvalue weighted by atomic mass is 35.5. The molecule has 0 fully saturated rings. The van der Waals surface area contributed by atoms with E-state index in [-0.39, 0.29) is 38.9 Å². The van der Waals surface area contributed by atoms with Gasteiger partial charge in [-0.1, -0.05) is 33.8 Å². The molecule has 0 heterocycles. The first-order valence-electron chi connectivity index (χ1n) is 6.05. The number of rotatable bonds is 1. The fourth-order valence-corrected chi connectivity index (χ4v) is 2.77. The van der Waals surface area contributed by atoms with Gasteiger partial charge in [0.2, 0.25) is 0 Å². The van der Waals surface area contributed by atoms with E-state index in [4.69, 9.17) is 64.4 Å². The molecular weight excluding hydrogens is 274 g/mol. The number of halogens is 1. The number of allylic oxidation sites excluding steroid dienone is 1. The fraction of sp³-hybridized carbons (Fsp3) is 0.250. The summed E-state index contributed by atoms with van der Waals surface area (Å²) in [6.07, 6.45) is 2.95. The third-order valence-corrected chi connectivity index (χ3v) is 4.23. The lowest BCUT2D eigenvalue weighted by atomic mass is 9.39. The van der Waals surface area contributed by atoms with Crippen LogP contribution < -0.4 is 27.6 Å². The molecule has 1 aromatic rings. The maximum absolute atomic E-state index is 12.3. The Morgan fingerprint density at radius 3 is 2.10 bits per heavy atom. The van der Waals surface area contributed by atoms with Gasteiger partial charge in [0.1, 0.15) is 31.4 Å². The minimum Gasteiger partial charge on any atom is -0.316 e. The van der Waals surface area contributed by atoms with Gasteiger partial charge in [0.15, 0.2) is 5.78 Å². The third kappa shape index (κ3) is 2.19. The summed E-state index contributed by atoms with van der Waals surface area (Å²) in [7, 11) is 35.3. The molecule has 12 radical (unpaired) electrons. The van der Waals surface area contributed by atoms with Gasteiger partial charge in [0.05, 0.1) is 21.2 Å². The molecule has 1 aromatic carbocycles. The minimum absolute atomic E-state index is 0.00674. The van der Waals surface area contributed by atoms with Crippen LogP contribution in [0, 0.1) is 0 Å². The van der Waals surface area contributed by atoms with Crippen LogP contribution in [-0.4, -0.2) is 52.9 Å². The Morgan fingerprint density at radius 2 is 1.57 bits per heavy atom. The van der Waals surface area contributed by atoms with E-state index in [0.717, 1.165) is 0 Å². The Kier molecular flexibility index (Phi) is 4.10. The second-order valence-electron chi connectivity index (χ2n) is 5.16. The zero-order valence-electron chi connectivity index (χ0n) is 11.2. The molecule has 0 saturated heterocycles. The molecular formula is C12H6B6ClNO. The fourth-order valence-electron chi connectivity index (χ4n) is 2.42. The smallest absolute Gasteiger partial charge is 0.178 e. The summed E-state index contributed by atoms with van der Waals surface area (Å²) in [4.78, 5) is 12.3. The van der Waals surface area contributed by atoms with E-state index in [1.165, 1.54) is 12.2 Å². The summed E-state index contributed by atoms with van der Waals surface area (Å²) in [5.41, 5.74) is 4.27. The standard InChI is InChI=1S/C12H6B6ClNO/c13-6-5(10(19)9(16)8(15)7(6)14)12(20)4(21)2-1-3-11(12,17)18/h1-2H,3,20H2. The van der Waals surface area contributed by atoms with Crippen LogP contribution in [0.4, 0.5) is 0 Å². The molecule has 0 aliphatic heterocycles. The molecule has 21 heavy (non-hydrogen) atoms. The Balaban J connectivity index is 2.89. The molecule has 1 unspecified atom stereocenters. The summed E-state index contributed by atoms with van der Waals surface area (Å²) >= 11 is 6.18. The lowest BCUT2D eigenvalue weighted by Gasteiger charge is -2.47. The monoisotopic (exact) mass is 281 g/mol. The van der Waals surface area contributed by atoms with Gasteiger partial charge < -0.3 is 5.73 Å². The first-order valence-corrected chi connectivity index (χ1v) is 6.43. The molecule has 2 rings (SSSR count). The van der Waals surface area contributed by atoms with Gasteiger partial charge in [0.25, 0.3) is 0 Å². The van der Waals surface area contributed by atoms with Crippen molar-refractivity contribution in [1.82, 2.24) is 0 Å². The van der Waals surface area contributed by atoms with Gasteiger partial charge in [0, 0.05) is 5.02 Å². The van der Waals surface area contributed by atoms with Gasteiger partial charge in [-0.2, -0.15) is 0 Å². The zero-order chi connectivity index (χ0) is 16.2. The largest absolute Gasteiger partial charge is 0.316 e. The van der Waals surface area contributed by atoms with Crippen molar-refractivity contribution in [3.63, 3.8) is 0 Å². The van der Waals surface area contributed by atoms with E-state index in [9.17, 15) is 4.79 Å². The molecule has 0 spiro atoms. The number of hydrogen-bond donors (Lipinski definition) is 1. The molecule has 90 valence electrons. The maximum Gasteiger partial charge on any atom is 0.178 e. The summed E-state index contributed by atoms with van der Waals surface area (Å²) in [6, 6.07) is 0. The van der Waals surface area contributed by atoms with Crippen molar-refractivity contribution >= 4 is 86.3 Å². The lowest BCUT2D eigenvalue weighted by molar-refractivity contribution is -0.120. The molecule has 1 atom stereocenters. The minimum atomic E-state index is -1.86. The van der Waals surface area contributed by atoms with Crippen LogP contribution in [0.1, 0.15) is 12.0 Å². The van der Waals surface area contributed by atoms with Crippen LogP contribution in [0.25, 0.3) is 0 Å². The van der Waals surface area contributed by atoms with Crippen LogP contribution >= 0.6 is 11.6 Å². The summed E-state index contributed by atoms with van der Waals surface area (Å²) in [6.45, 7) is 0. The average molecular weight is 281 g/mol. The Labute approximate surface area is 137 Å². The van der Waals surface area contributed by atoms with E-state index >= 15 is 0 Å². The number of hydrogen-bond acceptors (Lipinski definition) is 2. The van der Waals surface area contributed by atoms with Crippen LogP contribution in [0.5, 0.6) is 0 Å². The number of nitrogens with two attached hydrogens (primary N) is 1. The van der Waals surface area contributed by atoms with E-state index in [0.29, 0.717) is 0 Å². The molecule has 0 aromatic heterocycles. The normalized spacial score (nSPS) is 24.2. The first kappa shape index (κ1) is 16.6. The van der Waals surface area contributed by atoms with Gasteiger partial charge in [-0.3, -0.25) is 4.79 Å². The predicted octanol–water partition coefficient (Wildman–Crippen LogP) is -3.35. The van der Waals surface area contributed by atoms with Crippen LogP contribution in [0.2, 0.25) is 10.2 Å². The third-order valence-electron chi connectivity index (χ3n) is 3.84. The first-order chi connectivity index (χ1) is 9.55. The number of ketones is 1. The second-order valence-corrected chi connectivity index (χ2v) is 5.54. The molecule has 2 nitrogen and oxygen atoms in total. The number of benzene rings is 1. The zero-order valence-corrected chi connectivity index (χ0v) is 11.9. The van der Waals surface area contributed by atoms with E-state index in [1.807, 2.05) is 0 Å². The van der Waals surface area contributed by atoms with Gasteiger partial charge in [-0.05, 0) is 18.1 Å². The Bertz CT molecular complexity index is 645. The van der Waals surface area contributed by atoms with E-state index < -0.39 is 16.5 Å². The van der Waals surface area contributed by atoms with Crippen molar-refractivity contribution in [2.75, 3.05) is 0 Å². The van der Waals surface area contributed by atoms with Crippen LogP contribution in [0.3, 0.4) is 0 Å². The summed E-state index contributed by atoms with van der Waals surface area (Å²) in [5, 5.41) is -1.68. The Hall–Kier alpha value is -0.730. The van der Waals surface area contributed by atoms with Crippen molar-refractivity contribution in [1.29, 1.82) is 0 Å². The quantitative estimate of drug-likeness (QED) is 0.547. The van der Waals surface area contributed by atoms with Gasteiger partial charge in [-0.25, -0.2) is 0 Å². The van der Waals surface area contributed by atoms with Crippen LogP contribution in [0.15, 0.2) is 12.2 Å². The summed E-state index contributed by atoms with van der Waals surface area (Å²) < 4.78 is 0. The molecule has 1 aliphatic rings. The van der Waals surface area contributed by atoms with Crippen molar-refractivity contribution in [3.8, 4) is 0 Å². The van der Waals surface area contributed by atoms with Crippen molar-refractivity contribution < 1.29 is 4.79 Å². The molecule has 0 saturated carbocycles. The molecule has 2 N–H and O–H groups in total. The topological polar surface area (TPSA) is 43.1 Å². The van der Waals surface area contributed by atoms with Crippen molar-refractivity contribution in [3.05, 3.63) is 22.7 Å². The number of carbonyl (C=O) groups is 1. The van der Waals surface area contributed by atoms with Gasteiger partial charge >= 0.3 is 0 Å². The highest BCUT2D eigenvalue weighted by Gasteiger charge is 2.50. The van der Waals surface area contributed by atoms with Crippen molar-refractivity contribution in [2.24, 2.45) is 5.73 Å².